The summed E-state index contributed by atoms with van der Waals surface area (Å²) >= 11 is 7.31. The van der Waals surface area contributed by atoms with Crippen LogP contribution in [0.4, 0.5) is 0 Å². The van der Waals surface area contributed by atoms with Crippen LogP contribution in [-0.4, -0.2) is 11.4 Å². The van der Waals surface area contributed by atoms with Gasteiger partial charge in [-0.3, -0.25) is 0 Å². The van der Waals surface area contributed by atoms with Gasteiger partial charge in [-0.2, -0.15) is 0 Å². The molecule has 21 heavy (non-hydrogen) atoms. The summed E-state index contributed by atoms with van der Waals surface area (Å²) in [5, 5.41) is 0.841. The van der Waals surface area contributed by atoms with Gasteiger partial charge in [0.05, 0.1) is 12.2 Å². The van der Waals surface area contributed by atoms with Crippen LogP contribution < -0.4 is 0 Å². The van der Waals surface area contributed by atoms with E-state index in [2.05, 4.69) is 76.9 Å². The molecular formula is C18H24Br2O. The van der Waals surface area contributed by atoms with Gasteiger partial charge >= 0.3 is 0 Å². The topological polar surface area (TPSA) is 9.23 Å². The number of fused-ring (bicyclic) bond motifs is 2. The van der Waals surface area contributed by atoms with E-state index in [0.717, 1.165) is 15.7 Å². The van der Waals surface area contributed by atoms with E-state index in [1.165, 1.54) is 24.8 Å². The Kier molecular flexibility index (Phi) is 4.31. The number of alkyl halides is 1. The minimum Gasteiger partial charge on any atom is -0.369 e. The van der Waals surface area contributed by atoms with E-state index >= 15 is 0 Å². The van der Waals surface area contributed by atoms with Crippen molar-refractivity contribution in [3.8, 4) is 0 Å². The average molecular weight is 416 g/mol. The Morgan fingerprint density at radius 3 is 2.52 bits per heavy atom. The monoisotopic (exact) mass is 414 g/mol. The summed E-state index contributed by atoms with van der Waals surface area (Å²) in [6, 6.07) is 8.41. The normalized spacial score (nSPS) is 35.1. The van der Waals surface area contributed by atoms with Crippen LogP contribution in [-0.2, 0) is 4.74 Å². The van der Waals surface area contributed by atoms with Crippen molar-refractivity contribution in [1.82, 2.24) is 0 Å². The molecular weight excluding hydrogens is 392 g/mol. The third-order valence-electron chi connectivity index (χ3n) is 6.43. The third-order valence-corrected chi connectivity index (χ3v) is 7.74. The fraction of sp³-hybridized carbons (Fsp3) is 0.667. The molecule has 1 nitrogen and oxygen atoms in total. The second-order valence-corrected chi connectivity index (χ2v) is 8.90. The molecule has 1 aromatic rings. The first-order chi connectivity index (χ1) is 9.90. The zero-order valence-electron chi connectivity index (χ0n) is 13.0. The lowest BCUT2D eigenvalue weighted by atomic mass is 9.70. The lowest BCUT2D eigenvalue weighted by Gasteiger charge is -2.40. The van der Waals surface area contributed by atoms with Gasteiger partial charge in [-0.1, -0.05) is 70.8 Å². The molecule has 2 aliphatic rings. The van der Waals surface area contributed by atoms with Crippen LogP contribution in [0.5, 0.6) is 0 Å². The van der Waals surface area contributed by atoms with E-state index in [9.17, 15) is 0 Å². The lowest BCUT2D eigenvalue weighted by Crippen LogP contribution is -2.38. The van der Waals surface area contributed by atoms with Crippen LogP contribution in [0.2, 0.25) is 0 Å². The van der Waals surface area contributed by atoms with Gasteiger partial charge < -0.3 is 4.74 Å². The van der Waals surface area contributed by atoms with E-state index in [-0.39, 0.29) is 6.10 Å². The van der Waals surface area contributed by atoms with Gasteiger partial charge in [-0.15, -0.1) is 0 Å². The van der Waals surface area contributed by atoms with Crippen LogP contribution in [0.15, 0.2) is 28.7 Å². The Morgan fingerprint density at radius 1 is 1.29 bits per heavy atom. The molecule has 0 amide bonds. The molecule has 0 saturated heterocycles. The molecule has 4 unspecified atom stereocenters. The summed E-state index contributed by atoms with van der Waals surface area (Å²) in [5.74, 6) is 0.822. The van der Waals surface area contributed by atoms with Gasteiger partial charge in [0.25, 0.3) is 0 Å². The summed E-state index contributed by atoms with van der Waals surface area (Å²) in [6.45, 7) is 7.32. The lowest BCUT2D eigenvalue weighted by molar-refractivity contribution is -0.0800. The molecule has 3 rings (SSSR count). The number of hydrogen-bond acceptors (Lipinski definition) is 1. The number of rotatable bonds is 4. The largest absolute Gasteiger partial charge is 0.369 e. The van der Waals surface area contributed by atoms with E-state index in [4.69, 9.17) is 4.74 Å². The average Bonchev–Trinajstić information content (AvgIpc) is 2.78. The van der Waals surface area contributed by atoms with E-state index in [1.54, 1.807) is 0 Å². The molecule has 0 radical (unpaired) electrons. The Morgan fingerprint density at radius 2 is 2.00 bits per heavy atom. The number of halogens is 2. The highest BCUT2D eigenvalue weighted by molar-refractivity contribution is 9.10. The van der Waals surface area contributed by atoms with Crippen molar-refractivity contribution in [3.05, 3.63) is 34.3 Å². The fourth-order valence-electron chi connectivity index (χ4n) is 4.46. The first kappa shape index (κ1) is 16.0. The van der Waals surface area contributed by atoms with Crippen LogP contribution in [0.25, 0.3) is 0 Å². The zero-order chi connectivity index (χ0) is 15.3. The Balaban J connectivity index is 1.82. The molecule has 0 aromatic heterocycles. The summed E-state index contributed by atoms with van der Waals surface area (Å²) < 4.78 is 7.76. The second kappa shape index (κ2) is 5.65. The first-order valence-corrected chi connectivity index (χ1v) is 9.77. The minimum atomic E-state index is 0.123. The maximum absolute atomic E-state index is 6.62. The SMILES string of the molecule is CC1(C)C2CCC1(C)C(OC(CBr)c1ccccc1Br)C2. The van der Waals surface area contributed by atoms with Crippen molar-refractivity contribution in [2.24, 2.45) is 16.7 Å². The number of benzene rings is 1. The van der Waals surface area contributed by atoms with Crippen molar-refractivity contribution in [2.75, 3.05) is 5.33 Å². The highest BCUT2D eigenvalue weighted by Gasteiger charge is 2.62. The smallest absolute Gasteiger partial charge is 0.0936 e. The Hall–Kier alpha value is 0.140. The van der Waals surface area contributed by atoms with Gasteiger partial charge in [-0.05, 0) is 47.6 Å². The highest BCUT2D eigenvalue weighted by atomic mass is 79.9. The fourth-order valence-corrected chi connectivity index (χ4v) is 5.50. The quantitative estimate of drug-likeness (QED) is 0.538. The van der Waals surface area contributed by atoms with Crippen LogP contribution in [0.1, 0.15) is 51.7 Å². The third kappa shape index (κ3) is 2.44. The van der Waals surface area contributed by atoms with Crippen molar-refractivity contribution in [3.63, 3.8) is 0 Å². The highest BCUT2D eigenvalue weighted by Crippen LogP contribution is 2.66. The summed E-state index contributed by atoms with van der Waals surface area (Å²) in [7, 11) is 0. The van der Waals surface area contributed by atoms with Gasteiger partial charge in [0.15, 0.2) is 0 Å². The Bertz CT molecular complexity index is 528. The minimum absolute atomic E-state index is 0.123. The standard InChI is InChI=1S/C18H24Br2O/c1-17(2)12-8-9-18(17,3)16(10-12)21-15(11-19)13-6-4-5-7-14(13)20/h4-7,12,15-16H,8-11H2,1-3H3. The van der Waals surface area contributed by atoms with Crippen LogP contribution >= 0.6 is 31.9 Å². The van der Waals surface area contributed by atoms with Crippen molar-refractivity contribution in [1.29, 1.82) is 0 Å². The number of ether oxygens (including phenoxy) is 1. The molecule has 0 N–H and O–H groups in total. The summed E-state index contributed by atoms with van der Waals surface area (Å²) in [4.78, 5) is 0. The molecule has 0 spiro atoms. The molecule has 2 bridgehead atoms. The predicted octanol–water partition coefficient (Wildman–Crippen LogP) is 6.12. The van der Waals surface area contributed by atoms with E-state index in [0.29, 0.717) is 16.9 Å². The van der Waals surface area contributed by atoms with E-state index < -0.39 is 0 Å². The molecule has 4 atom stereocenters. The van der Waals surface area contributed by atoms with Crippen LogP contribution in [0.3, 0.4) is 0 Å². The molecule has 2 saturated carbocycles. The predicted molar refractivity (Wildman–Crippen MR) is 94.8 cm³/mol. The van der Waals surface area contributed by atoms with Gasteiger partial charge in [0.1, 0.15) is 0 Å². The second-order valence-electron chi connectivity index (χ2n) is 7.40. The molecule has 2 fully saturated rings. The molecule has 0 aliphatic heterocycles. The summed E-state index contributed by atoms with van der Waals surface area (Å²) in [5.41, 5.74) is 1.97. The molecule has 1 aromatic carbocycles. The van der Waals surface area contributed by atoms with E-state index in [1.807, 2.05) is 0 Å². The van der Waals surface area contributed by atoms with Gasteiger partial charge in [-0.25, -0.2) is 0 Å². The molecule has 0 heterocycles. The van der Waals surface area contributed by atoms with Crippen molar-refractivity contribution in [2.45, 2.75) is 52.2 Å². The summed E-state index contributed by atoms with van der Waals surface area (Å²) in [6.07, 6.45) is 4.40. The van der Waals surface area contributed by atoms with Crippen LogP contribution in [0, 0.1) is 16.7 Å². The molecule has 2 aliphatic carbocycles. The first-order valence-electron chi connectivity index (χ1n) is 7.86. The van der Waals surface area contributed by atoms with Gasteiger partial charge in [0.2, 0.25) is 0 Å². The zero-order valence-corrected chi connectivity index (χ0v) is 16.2. The Labute approximate surface area is 145 Å². The molecule has 116 valence electrons. The molecule has 3 heteroatoms. The maximum atomic E-state index is 6.62. The number of hydrogen-bond donors (Lipinski definition) is 0. The maximum Gasteiger partial charge on any atom is 0.0936 e. The van der Waals surface area contributed by atoms with Crippen molar-refractivity contribution < 1.29 is 4.74 Å². The van der Waals surface area contributed by atoms with Crippen molar-refractivity contribution >= 4 is 31.9 Å². The van der Waals surface area contributed by atoms with Gasteiger partial charge in [0, 0.05) is 9.80 Å².